The second kappa shape index (κ2) is 5.31. The topological polar surface area (TPSA) is 52.5 Å². The van der Waals surface area contributed by atoms with Gasteiger partial charge in [0.2, 0.25) is 0 Å². The van der Waals surface area contributed by atoms with Crippen LogP contribution in [0.4, 0.5) is 4.39 Å². The van der Waals surface area contributed by atoms with Crippen molar-refractivity contribution in [1.29, 1.82) is 0 Å². The molecule has 2 rings (SSSR count). The van der Waals surface area contributed by atoms with E-state index in [4.69, 9.17) is 0 Å². The molecule has 1 unspecified atom stereocenters. The van der Waals surface area contributed by atoms with Crippen LogP contribution >= 0.6 is 11.3 Å². The summed E-state index contributed by atoms with van der Waals surface area (Å²) in [5.41, 5.74) is 0.895. The van der Waals surface area contributed by atoms with Gasteiger partial charge in [-0.2, -0.15) is 4.40 Å². The molecular formula is C11H7FNO2S2-. The summed E-state index contributed by atoms with van der Waals surface area (Å²) in [7, 11) is 0. The molecule has 17 heavy (non-hydrogen) atoms. The van der Waals surface area contributed by atoms with Crippen LogP contribution < -0.4 is 0 Å². The van der Waals surface area contributed by atoms with E-state index in [9.17, 15) is 13.2 Å². The fraction of sp³-hybridized carbons (Fsp3) is 0. The van der Waals surface area contributed by atoms with Gasteiger partial charge in [0.1, 0.15) is 5.82 Å². The van der Waals surface area contributed by atoms with Gasteiger partial charge in [-0.25, -0.2) is 4.39 Å². The third-order valence-corrected chi connectivity index (χ3v) is 3.25. The Balaban J connectivity index is 2.48. The van der Waals surface area contributed by atoms with Gasteiger partial charge in [0, 0.05) is 5.56 Å². The molecule has 0 aliphatic heterocycles. The van der Waals surface area contributed by atoms with Gasteiger partial charge in [-0.3, -0.25) is 4.21 Å². The zero-order valence-corrected chi connectivity index (χ0v) is 10.1. The molecule has 1 atom stereocenters. The third kappa shape index (κ3) is 3.06. The van der Waals surface area contributed by atoms with Crippen LogP contribution in [0.2, 0.25) is 0 Å². The second-order valence-electron chi connectivity index (χ2n) is 3.14. The van der Waals surface area contributed by atoms with Crippen LogP contribution in [0.15, 0.2) is 46.2 Å². The standard InChI is InChI=1S/C11H8FNO2S2/c12-9-5-3-8(4-6-9)11(13-17(14)15)10-2-1-7-16-10/h1-7H,(H,14,15)/p-1. The minimum Gasteiger partial charge on any atom is -0.754 e. The molecule has 1 aromatic heterocycles. The molecule has 1 aromatic carbocycles. The Morgan fingerprint density at radius 3 is 2.53 bits per heavy atom. The Morgan fingerprint density at radius 1 is 1.29 bits per heavy atom. The Bertz CT molecular complexity index is 549. The average molecular weight is 268 g/mol. The second-order valence-corrected chi connectivity index (χ2v) is 4.71. The van der Waals surface area contributed by atoms with Gasteiger partial charge in [-0.15, -0.1) is 11.3 Å². The highest BCUT2D eigenvalue weighted by Crippen LogP contribution is 2.17. The zero-order chi connectivity index (χ0) is 12.3. The predicted octanol–water partition coefficient (Wildman–Crippen LogP) is 2.52. The minimum atomic E-state index is -2.54. The van der Waals surface area contributed by atoms with Crippen molar-refractivity contribution in [2.45, 2.75) is 0 Å². The highest BCUT2D eigenvalue weighted by atomic mass is 32.2. The quantitative estimate of drug-likeness (QED) is 0.634. The number of nitrogens with zero attached hydrogens (tertiary/aromatic N) is 1. The van der Waals surface area contributed by atoms with Crippen molar-refractivity contribution >= 4 is 28.3 Å². The Kier molecular flexibility index (Phi) is 3.78. The molecule has 1 heterocycles. The number of hydrogen-bond donors (Lipinski definition) is 0. The first-order chi connectivity index (χ1) is 8.16. The van der Waals surface area contributed by atoms with E-state index in [0.717, 1.165) is 4.88 Å². The maximum atomic E-state index is 12.8. The van der Waals surface area contributed by atoms with Gasteiger partial charge in [0.05, 0.1) is 21.9 Å². The summed E-state index contributed by atoms with van der Waals surface area (Å²) in [6.45, 7) is 0. The zero-order valence-electron chi connectivity index (χ0n) is 8.50. The molecule has 0 aliphatic rings. The van der Waals surface area contributed by atoms with E-state index in [-0.39, 0.29) is 5.82 Å². The summed E-state index contributed by atoms with van der Waals surface area (Å²) in [4.78, 5) is 0.723. The summed E-state index contributed by atoms with van der Waals surface area (Å²) < 4.78 is 37.7. The molecule has 3 nitrogen and oxygen atoms in total. The van der Waals surface area contributed by atoms with Crippen molar-refractivity contribution in [3.05, 3.63) is 58.0 Å². The Hall–Kier alpha value is -1.37. The highest BCUT2D eigenvalue weighted by Gasteiger charge is 2.08. The van der Waals surface area contributed by atoms with Crippen LogP contribution in [-0.2, 0) is 11.3 Å². The van der Waals surface area contributed by atoms with Crippen LogP contribution in [-0.4, -0.2) is 14.5 Å². The maximum absolute atomic E-state index is 12.8. The molecule has 0 fully saturated rings. The summed E-state index contributed by atoms with van der Waals surface area (Å²) in [5.74, 6) is -0.373. The van der Waals surface area contributed by atoms with Crippen molar-refractivity contribution in [3.8, 4) is 0 Å². The summed E-state index contributed by atoms with van der Waals surface area (Å²) in [6.07, 6.45) is 0. The van der Waals surface area contributed by atoms with Crippen molar-refractivity contribution in [1.82, 2.24) is 0 Å². The molecule has 0 N–H and O–H groups in total. The number of thiophene rings is 1. The lowest BCUT2D eigenvalue weighted by molar-refractivity contribution is 0.539. The van der Waals surface area contributed by atoms with E-state index in [0.29, 0.717) is 11.3 Å². The van der Waals surface area contributed by atoms with E-state index in [1.807, 2.05) is 5.38 Å². The number of rotatable bonds is 3. The molecule has 0 aliphatic carbocycles. The van der Waals surface area contributed by atoms with Crippen LogP contribution in [0, 0.1) is 5.82 Å². The fourth-order valence-electron chi connectivity index (χ4n) is 1.34. The fourth-order valence-corrected chi connectivity index (χ4v) is 2.48. The molecule has 0 spiro atoms. The first kappa shape index (κ1) is 12.1. The minimum absolute atomic E-state index is 0.327. The predicted molar refractivity (Wildman–Crippen MR) is 65.3 cm³/mol. The number of hydrogen-bond acceptors (Lipinski definition) is 3. The van der Waals surface area contributed by atoms with Gasteiger partial charge in [-0.1, -0.05) is 6.07 Å². The molecule has 2 aromatic rings. The van der Waals surface area contributed by atoms with Gasteiger partial charge < -0.3 is 4.55 Å². The number of benzene rings is 1. The molecule has 0 radical (unpaired) electrons. The van der Waals surface area contributed by atoms with Crippen LogP contribution in [0.5, 0.6) is 0 Å². The third-order valence-electron chi connectivity index (χ3n) is 2.04. The lowest BCUT2D eigenvalue weighted by Crippen LogP contribution is -2.03. The van der Waals surface area contributed by atoms with E-state index < -0.39 is 11.3 Å². The van der Waals surface area contributed by atoms with Crippen molar-refractivity contribution in [2.24, 2.45) is 4.40 Å². The smallest absolute Gasteiger partial charge is 0.123 e. The van der Waals surface area contributed by atoms with E-state index in [2.05, 4.69) is 4.40 Å². The van der Waals surface area contributed by atoms with Gasteiger partial charge >= 0.3 is 0 Å². The molecule has 88 valence electrons. The highest BCUT2D eigenvalue weighted by molar-refractivity contribution is 7.78. The number of halogens is 1. The average Bonchev–Trinajstić information content (AvgIpc) is 2.80. The van der Waals surface area contributed by atoms with E-state index in [1.165, 1.54) is 35.6 Å². The van der Waals surface area contributed by atoms with Gasteiger partial charge in [-0.05, 0) is 35.7 Å². The lowest BCUT2D eigenvalue weighted by Gasteiger charge is -2.06. The first-order valence-electron chi connectivity index (χ1n) is 4.65. The van der Waals surface area contributed by atoms with Crippen LogP contribution in [0.25, 0.3) is 0 Å². The van der Waals surface area contributed by atoms with Crippen LogP contribution in [0.1, 0.15) is 10.4 Å². The van der Waals surface area contributed by atoms with Crippen molar-refractivity contribution in [3.63, 3.8) is 0 Å². The normalized spacial score (nSPS) is 13.6. The van der Waals surface area contributed by atoms with E-state index >= 15 is 0 Å². The molecular weight excluding hydrogens is 261 g/mol. The first-order valence-corrected chi connectivity index (χ1v) is 6.56. The monoisotopic (exact) mass is 268 g/mol. The summed E-state index contributed by atoms with van der Waals surface area (Å²) in [5, 5.41) is 1.82. The maximum Gasteiger partial charge on any atom is 0.123 e. The lowest BCUT2D eigenvalue weighted by atomic mass is 10.1. The Morgan fingerprint density at radius 2 is 2.00 bits per heavy atom. The molecule has 6 heteroatoms. The summed E-state index contributed by atoms with van der Waals surface area (Å²) >= 11 is -1.16. The molecule has 0 amide bonds. The van der Waals surface area contributed by atoms with Gasteiger partial charge in [0.25, 0.3) is 0 Å². The summed E-state index contributed by atoms with van der Waals surface area (Å²) in [6, 6.07) is 9.10. The van der Waals surface area contributed by atoms with Crippen molar-refractivity contribution < 1.29 is 13.2 Å². The molecule has 0 saturated heterocycles. The molecule has 0 saturated carbocycles. The van der Waals surface area contributed by atoms with Gasteiger partial charge in [0.15, 0.2) is 0 Å². The molecule has 0 bridgehead atoms. The largest absolute Gasteiger partial charge is 0.754 e. The van der Waals surface area contributed by atoms with Crippen molar-refractivity contribution in [2.75, 3.05) is 0 Å². The Labute approximate surface area is 104 Å². The van der Waals surface area contributed by atoms with E-state index in [1.54, 1.807) is 12.1 Å². The van der Waals surface area contributed by atoms with Crippen LogP contribution in [0.3, 0.4) is 0 Å². The SMILES string of the molecule is O=S([O-])N=C(c1ccc(F)cc1)c1cccs1.